The summed E-state index contributed by atoms with van der Waals surface area (Å²) in [5.41, 5.74) is 1.11. The van der Waals surface area contributed by atoms with Crippen LogP contribution in [0, 0.1) is 5.82 Å². The Kier molecular flexibility index (Phi) is 7.75. The van der Waals surface area contributed by atoms with E-state index in [0.717, 1.165) is 25.8 Å². The molecule has 1 unspecified atom stereocenters. The number of hydrogen-bond acceptors (Lipinski definition) is 5. The molecular weight excluding hydrogens is 445 g/mol. The molecule has 0 spiro atoms. The molecule has 1 amide bonds. The minimum absolute atomic E-state index is 0.0818. The summed E-state index contributed by atoms with van der Waals surface area (Å²) in [6.07, 6.45) is 2.51. The first-order valence-corrected chi connectivity index (χ1v) is 12.9. The van der Waals surface area contributed by atoms with Crippen LogP contribution >= 0.6 is 0 Å². The van der Waals surface area contributed by atoms with Gasteiger partial charge in [0.2, 0.25) is 10.0 Å². The van der Waals surface area contributed by atoms with Gasteiger partial charge in [0.15, 0.2) is 0 Å². The van der Waals surface area contributed by atoms with Crippen LogP contribution in [0.5, 0.6) is 0 Å². The van der Waals surface area contributed by atoms with Crippen molar-refractivity contribution in [2.24, 2.45) is 0 Å². The number of sulfonamides is 1. The van der Waals surface area contributed by atoms with Gasteiger partial charge in [-0.1, -0.05) is 18.2 Å². The van der Waals surface area contributed by atoms with Crippen LogP contribution in [0.1, 0.15) is 35.2 Å². The maximum atomic E-state index is 14.0. The average Bonchev–Trinajstić information content (AvgIpc) is 3.24. The normalized spacial score (nSPS) is 20.0. The van der Waals surface area contributed by atoms with E-state index in [1.165, 1.54) is 18.2 Å². The lowest BCUT2D eigenvalue weighted by atomic mass is 10.2. The second-order valence-corrected chi connectivity index (χ2v) is 10.3. The molecule has 1 atom stereocenters. The Morgan fingerprint density at radius 2 is 1.82 bits per heavy atom. The monoisotopic (exact) mass is 475 g/mol. The lowest BCUT2D eigenvalue weighted by Crippen LogP contribution is -2.35. The van der Waals surface area contributed by atoms with Gasteiger partial charge in [0, 0.05) is 57.0 Å². The van der Waals surface area contributed by atoms with Crippen molar-refractivity contribution >= 4 is 15.9 Å². The van der Waals surface area contributed by atoms with Gasteiger partial charge in [-0.15, -0.1) is 0 Å². The number of halogens is 1. The molecule has 0 bridgehead atoms. The summed E-state index contributed by atoms with van der Waals surface area (Å²) in [6, 6.07) is 12.8. The van der Waals surface area contributed by atoms with E-state index in [4.69, 9.17) is 4.74 Å². The Balaban J connectivity index is 1.33. The minimum atomic E-state index is -3.65. The van der Waals surface area contributed by atoms with Crippen molar-refractivity contribution in [3.05, 3.63) is 65.5 Å². The van der Waals surface area contributed by atoms with E-state index in [-0.39, 0.29) is 29.3 Å². The van der Waals surface area contributed by atoms with E-state index >= 15 is 0 Å². The summed E-state index contributed by atoms with van der Waals surface area (Å²) in [6.45, 7) is 4.01. The van der Waals surface area contributed by atoms with Gasteiger partial charge in [0.05, 0.1) is 11.0 Å². The van der Waals surface area contributed by atoms with Gasteiger partial charge in [-0.2, -0.15) is 0 Å². The van der Waals surface area contributed by atoms with Crippen LogP contribution in [0.15, 0.2) is 53.4 Å². The highest BCUT2D eigenvalue weighted by Crippen LogP contribution is 2.17. The molecule has 9 heteroatoms. The number of amides is 1. The van der Waals surface area contributed by atoms with E-state index in [2.05, 4.69) is 9.62 Å². The van der Waals surface area contributed by atoms with E-state index in [9.17, 15) is 17.6 Å². The van der Waals surface area contributed by atoms with Crippen LogP contribution in [0.2, 0.25) is 0 Å². The van der Waals surface area contributed by atoms with Crippen LogP contribution in [0.4, 0.5) is 4.39 Å². The van der Waals surface area contributed by atoms with Crippen molar-refractivity contribution in [1.82, 2.24) is 14.5 Å². The molecule has 0 aliphatic carbocycles. The second kappa shape index (κ2) is 10.7. The standard InChI is InChI=1S/C24H30FN3O4S/c25-23-7-2-1-5-20(23)18-27-12-4-13-28(15-14-27)24(29)19-8-10-22(11-9-19)33(30,31)26-17-21-6-3-16-32-21/h1-2,5,7-11,21,26H,3-4,6,12-18H2. The zero-order chi connectivity index (χ0) is 23.3. The number of ether oxygens (including phenoxy) is 1. The zero-order valence-electron chi connectivity index (χ0n) is 18.6. The molecule has 4 rings (SSSR count). The van der Waals surface area contributed by atoms with E-state index in [0.29, 0.717) is 43.9 Å². The predicted octanol–water partition coefficient (Wildman–Crippen LogP) is 2.63. The summed E-state index contributed by atoms with van der Waals surface area (Å²) < 4.78 is 47.1. The molecule has 7 nitrogen and oxygen atoms in total. The fraction of sp³-hybridized carbons (Fsp3) is 0.458. The third kappa shape index (κ3) is 6.17. The highest BCUT2D eigenvalue weighted by molar-refractivity contribution is 7.89. The van der Waals surface area contributed by atoms with Gasteiger partial charge >= 0.3 is 0 Å². The first-order chi connectivity index (χ1) is 15.9. The van der Waals surface area contributed by atoms with E-state index in [1.54, 1.807) is 29.2 Å². The van der Waals surface area contributed by atoms with Crippen molar-refractivity contribution in [1.29, 1.82) is 0 Å². The molecular formula is C24H30FN3O4S. The number of benzene rings is 2. The topological polar surface area (TPSA) is 78.9 Å². The van der Waals surface area contributed by atoms with Gasteiger partial charge in [0.25, 0.3) is 5.91 Å². The molecule has 2 aliphatic rings. The third-order valence-corrected chi connectivity index (χ3v) is 7.60. The highest BCUT2D eigenvalue weighted by atomic mass is 32.2. The zero-order valence-corrected chi connectivity index (χ0v) is 19.4. The number of rotatable bonds is 7. The summed E-state index contributed by atoms with van der Waals surface area (Å²) >= 11 is 0. The fourth-order valence-electron chi connectivity index (χ4n) is 4.25. The van der Waals surface area contributed by atoms with Crippen molar-refractivity contribution in [2.75, 3.05) is 39.3 Å². The largest absolute Gasteiger partial charge is 0.377 e. The van der Waals surface area contributed by atoms with Crippen molar-refractivity contribution in [2.45, 2.75) is 36.8 Å². The number of carbonyl (C=O) groups is 1. The lowest BCUT2D eigenvalue weighted by molar-refractivity contribution is 0.0761. The second-order valence-electron chi connectivity index (χ2n) is 8.52. The molecule has 178 valence electrons. The molecule has 0 aromatic heterocycles. The third-order valence-electron chi connectivity index (χ3n) is 6.16. The quantitative estimate of drug-likeness (QED) is 0.666. The van der Waals surface area contributed by atoms with Gasteiger partial charge in [-0.25, -0.2) is 17.5 Å². The minimum Gasteiger partial charge on any atom is -0.377 e. The Labute approximate surface area is 194 Å². The lowest BCUT2D eigenvalue weighted by Gasteiger charge is -2.22. The van der Waals surface area contributed by atoms with E-state index in [1.807, 2.05) is 6.07 Å². The molecule has 2 aromatic carbocycles. The van der Waals surface area contributed by atoms with Crippen molar-refractivity contribution in [3.63, 3.8) is 0 Å². The van der Waals surface area contributed by atoms with Gasteiger partial charge in [-0.3, -0.25) is 9.69 Å². The molecule has 2 aromatic rings. The summed E-state index contributed by atoms with van der Waals surface area (Å²) in [4.78, 5) is 17.1. The molecule has 0 radical (unpaired) electrons. The number of hydrogen-bond donors (Lipinski definition) is 1. The average molecular weight is 476 g/mol. The fourth-order valence-corrected chi connectivity index (χ4v) is 5.32. The van der Waals surface area contributed by atoms with Crippen LogP contribution in [-0.4, -0.2) is 69.6 Å². The molecule has 2 aliphatic heterocycles. The maximum Gasteiger partial charge on any atom is 0.253 e. The first kappa shape index (κ1) is 23.8. The summed E-state index contributed by atoms with van der Waals surface area (Å²) in [5.74, 6) is -0.339. The molecule has 2 saturated heterocycles. The Morgan fingerprint density at radius 3 is 2.55 bits per heavy atom. The van der Waals surface area contributed by atoms with Gasteiger partial charge in [0.1, 0.15) is 5.82 Å². The Morgan fingerprint density at radius 1 is 1.03 bits per heavy atom. The molecule has 33 heavy (non-hydrogen) atoms. The molecule has 1 N–H and O–H groups in total. The number of nitrogens with one attached hydrogen (secondary N) is 1. The highest BCUT2D eigenvalue weighted by Gasteiger charge is 2.23. The molecule has 2 fully saturated rings. The Hall–Kier alpha value is -2.33. The van der Waals surface area contributed by atoms with Crippen molar-refractivity contribution in [3.8, 4) is 0 Å². The number of nitrogens with zero attached hydrogens (tertiary/aromatic N) is 2. The van der Waals surface area contributed by atoms with E-state index < -0.39 is 10.0 Å². The smallest absolute Gasteiger partial charge is 0.253 e. The summed E-state index contributed by atoms with van der Waals surface area (Å²) in [5, 5.41) is 0. The predicted molar refractivity (Wildman–Crippen MR) is 123 cm³/mol. The van der Waals surface area contributed by atoms with Crippen LogP contribution in [0.3, 0.4) is 0 Å². The van der Waals surface area contributed by atoms with Crippen molar-refractivity contribution < 1.29 is 22.3 Å². The molecule has 0 saturated carbocycles. The van der Waals surface area contributed by atoms with Crippen LogP contribution < -0.4 is 4.72 Å². The summed E-state index contributed by atoms with van der Waals surface area (Å²) in [7, 11) is -3.65. The van der Waals surface area contributed by atoms with Crippen LogP contribution in [0.25, 0.3) is 0 Å². The number of carbonyl (C=O) groups excluding carboxylic acids is 1. The Bertz CT molecular complexity index is 1060. The molecule has 2 heterocycles. The SMILES string of the molecule is O=C(c1ccc(S(=O)(=O)NCC2CCCO2)cc1)N1CCCN(Cc2ccccc2F)CC1. The van der Waals surface area contributed by atoms with Gasteiger partial charge < -0.3 is 9.64 Å². The maximum absolute atomic E-state index is 14.0. The van der Waals surface area contributed by atoms with Gasteiger partial charge in [-0.05, 0) is 49.6 Å². The first-order valence-electron chi connectivity index (χ1n) is 11.4. The van der Waals surface area contributed by atoms with Crippen LogP contribution in [-0.2, 0) is 21.3 Å².